The second-order valence-corrected chi connectivity index (χ2v) is 6.59. The Balaban J connectivity index is 1.88. The third kappa shape index (κ3) is 3.10. The Morgan fingerprint density at radius 3 is 2.38 bits per heavy atom. The highest BCUT2D eigenvalue weighted by atomic mass is 79.9. The number of aromatic amines is 1. The molecule has 0 radical (unpaired) electrons. The first-order valence-corrected chi connectivity index (χ1v) is 7.89. The summed E-state index contributed by atoms with van der Waals surface area (Å²) in [5.41, 5.74) is -2.22. The van der Waals surface area contributed by atoms with Crippen molar-refractivity contribution >= 4 is 27.5 Å². The molecule has 2 aromatic rings. The predicted molar refractivity (Wildman–Crippen MR) is 85.7 cm³/mol. The van der Waals surface area contributed by atoms with Gasteiger partial charge in [-0.15, -0.1) is 0 Å². The van der Waals surface area contributed by atoms with Crippen LogP contribution in [-0.2, 0) is 16.4 Å². The van der Waals surface area contributed by atoms with Crippen LogP contribution in [0, 0.1) is 0 Å². The Morgan fingerprint density at radius 1 is 1.21 bits per heavy atom. The zero-order chi connectivity index (χ0) is 17.5. The van der Waals surface area contributed by atoms with E-state index in [-0.39, 0.29) is 0 Å². The second-order valence-electron chi connectivity index (χ2n) is 5.67. The molecule has 0 atom stereocenters. The van der Waals surface area contributed by atoms with E-state index in [9.17, 15) is 22.8 Å². The number of H-pyrrole nitrogens is 1. The zero-order valence-corrected chi connectivity index (χ0v) is 13.8. The first kappa shape index (κ1) is 16.8. The number of benzene rings is 1. The summed E-state index contributed by atoms with van der Waals surface area (Å²) in [5.74, 6) is -0.477. The van der Waals surface area contributed by atoms with Gasteiger partial charge in [-0.05, 0) is 36.6 Å². The number of carbonyl (C=O) groups is 1. The van der Waals surface area contributed by atoms with Crippen LogP contribution in [0.2, 0.25) is 0 Å². The van der Waals surface area contributed by atoms with Crippen LogP contribution in [0.5, 0.6) is 0 Å². The molecule has 1 fully saturated rings. The monoisotopic (exact) mass is 400 g/mol. The van der Waals surface area contributed by atoms with Gasteiger partial charge in [-0.25, -0.2) is 0 Å². The van der Waals surface area contributed by atoms with Gasteiger partial charge in [0.2, 0.25) is 5.91 Å². The molecule has 1 aliphatic rings. The molecule has 0 aliphatic heterocycles. The van der Waals surface area contributed by atoms with Crippen molar-refractivity contribution in [1.82, 2.24) is 4.98 Å². The van der Waals surface area contributed by atoms with Gasteiger partial charge in [0.1, 0.15) is 5.69 Å². The molecule has 24 heavy (non-hydrogen) atoms. The Morgan fingerprint density at radius 2 is 1.83 bits per heavy atom. The summed E-state index contributed by atoms with van der Waals surface area (Å²) in [6.07, 6.45) is -2.86. The number of halogens is 4. The van der Waals surface area contributed by atoms with Gasteiger partial charge in [-0.3, -0.25) is 9.59 Å². The molecule has 0 bridgehead atoms. The van der Waals surface area contributed by atoms with E-state index in [0.717, 1.165) is 10.0 Å². The summed E-state index contributed by atoms with van der Waals surface area (Å²) in [6.45, 7) is 0. The number of nitrogens with one attached hydrogen (secondary N) is 2. The molecule has 1 aliphatic carbocycles. The van der Waals surface area contributed by atoms with Crippen molar-refractivity contribution in [3.05, 3.63) is 62.5 Å². The third-order valence-electron chi connectivity index (χ3n) is 4.06. The van der Waals surface area contributed by atoms with Crippen molar-refractivity contribution in [2.45, 2.75) is 24.4 Å². The van der Waals surface area contributed by atoms with Crippen LogP contribution in [0.25, 0.3) is 0 Å². The molecule has 2 N–H and O–H groups in total. The van der Waals surface area contributed by atoms with Gasteiger partial charge in [0.05, 0.1) is 11.0 Å². The maximum atomic E-state index is 12.7. The van der Waals surface area contributed by atoms with E-state index in [1.165, 1.54) is 0 Å². The lowest BCUT2D eigenvalue weighted by atomic mass is 9.95. The van der Waals surface area contributed by atoms with Crippen LogP contribution in [-0.4, -0.2) is 10.9 Å². The van der Waals surface area contributed by atoms with Crippen LogP contribution in [0.15, 0.2) is 45.8 Å². The number of hydrogen-bond acceptors (Lipinski definition) is 2. The van der Waals surface area contributed by atoms with Crippen molar-refractivity contribution in [2.75, 3.05) is 5.32 Å². The van der Waals surface area contributed by atoms with Crippen molar-refractivity contribution < 1.29 is 18.0 Å². The smallest absolute Gasteiger partial charge is 0.327 e. The van der Waals surface area contributed by atoms with Crippen LogP contribution in [0.3, 0.4) is 0 Å². The fourth-order valence-corrected chi connectivity index (χ4v) is 2.79. The van der Waals surface area contributed by atoms with E-state index in [2.05, 4.69) is 21.2 Å². The number of aromatic nitrogens is 1. The van der Waals surface area contributed by atoms with Crippen molar-refractivity contribution in [1.29, 1.82) is 0 Å². The van der Waals surface area contributed by atoms with E-state index in [1.807, 2.05) is 4.98 Å². The van der Waals surface area contributed by atoms with Gasteiger partial charge in [0.25, 0.3) is 5.56 Å². The molecule has 1 aromatic carbocycles. The fourth-order valence-electron chi connectivity index (χ4n) is 2.52. The lowest BCUT2D eigenvalue weighted by molar-refractivity contribution is -0.137. The first-order valence-electron chi connectivity index (χ1n) is 7.10. The molecule has 4 nitrogen and oxygen atoms in total. The summed E-state index contributed by atoms with van der Waals surface area (Å²) >= 11 is 3.31. The number of rotatable bonds is 3. The van der Waals surface area contributed by atoms with E-state index >= 15 is 0 Å². The number of amides is 1. The van der Waals surface area contributed by atoms with Crippen molar-refractivity contribution in [2.24, 2.45) is 0 Å². The van der Waals surface area contributed by atoms with Crippen LogP contribution >= 0.6 is 15.9 Å². The Labute approximate surface area is 143 Å². The van der Waals surface area contributed by atoms with Crippen molar-refractivity contribution in [3.8, 4) is 0 Å². The van der Waals surface area contributed by atoms with E-state index in [0.29, 0.717) is 25.1 Å². The Bertz CT molecular complexity index is 840. The van der Waals surface area contributed by atoms with Gasteiger partial charge < -0.3 is 10.3 Å². The zero-order valence-electron chi connectivity index (χ0n) is 12.2. The fraction of sp³-hybridized carbons (Fsp3) is 0.250. The highest BCUT2D eigenvalue weighted by Crippen LogP contribution is 2.49. The van der Waals surface area contributed by atoms with Gasteiger partial charge in [0.15, 0.2) is 0 Å². The molecular formula is C16H12BrF3N2O2. The minimum Gasteiger partial charge on any atom is -0.327 e. The number of pyridine rings is 1. The Kier molecular flexibility index (Phi) is 4.03. The molecule has 1 aromatic heterocycles. The number of carbonyl (C=O) groups excluding carboxylic acids is 1. The molecular weight excluding hydrogens is 389 g/mol. The molecule has 0 saturated heterocycles. The van der Waals surface area contributed by atoms with Crippen molar-refractivity contribution in [3.63, 3.8) is 0 Å². The molecule has 3 rings (SSSR count). The van der Waals surface area contributed by atoms with Crippen LogP contribution < -0.4 is 10.9 Å². The maximum Gasteiger partial charge on any atom is 0.417 e. The summed E-state index contributed by atoms with van der Waals surface area (Å²) in [6, 6.07) is 7.80. The van der Waals surface area contributed by atoms with E-state index < -0.39 is 34.3 Å². The predicted octanol–water partition coefficient (Wildman–Crippen LogP) is 3.83. The average molecular weight is 401 g/mol. The molecule has 1 amide bonds. The van der Waals surface area contributed by atoms with Gasteiger partial charge in [0, 0.05) is 10.7 Å². The maximum absolute atomic E-state index is 12.7. The quantitative estimate of drug-likeness (QED) is 0.822. The molecule has 0 unspecified atom stereocenters. The number of anilines is 1. The SMILES string of the molecule is O=C(Nc1cc(C(F)(F)F)c[nH]c1=O)C1(c2ccc(Br)cc2)CC1. The average Bonchev–Trinajstić information content (AvgIpc) is 3.31. The topological polar surface area (TPSA) is 62.0 Å². The highest BCUT2D eigenvalue weighted by molar-refractivity contribution is 9.10. The van der Waals surface area contributed by atoms with E-state index in [1.54, 1.807) is 24.3 Å². The van der Waals surface area contributed by atoms with Crippen LogP contribution in [0.4, 0.5) is 18.9 Å². The number of alkyl halides is 3. The second kappa shape index (κ2) is 5.77. The third-order valence-corrected chi connectivity index (χ3v) is 4.59. The summed E-state index contributed by atoms with van der Waals surface area (Å²) < 4.78 is 39.1. The summed E-state index contributed by atoms with van der Waals surface area (Å²) in [5, 5.41) is 2.34. The molecule has 126 valence electrons. The standard InChI is InChI=1S/C16H12BrF3N2O2/c17-11-3-1-9(2-4-11)15(5-6-15)14(24)22-12-7-10(16(18,19)20)8-21-13(12)23/h1-4,7-8H,5-6H2,(H,21,23)(H,22,24). The number of hydrogen-bond donors (Lipinski definition) is 2. The minimum absolute atomic E-state index is 0.404. The molecule has 1 saturated carbocycles. The van der Waals surface area contributed by atoms with Crippen LogP contribution in [0.1, 0.15) is 24.0 Å². The molecule has 8 heteroatoms. The lowest BCUT2D eigenvalue weighted by Gasteiger charge is -2.16. The molecule has 0 spiro atoms. The largest absolute Gasteiger partial charge is 0.417 e. The van der Waals surface area contributed by atoms with E-state index in [4.69, 9.17) is 0 Å². The molecule has 1 heterocycles. The summed E-state index contributed by atoms with van der Waals surface area (Å²) in [4.78, 5) is 26.3. The van der Waals surface area contributed by atoms with Gasteiger partial charge in [-0.1, -0.05) is 28.1 Å². The van der Waals surface area contributed by atoms with Gasteiger partial charge in [-0.2, -0.15) is 13.2 Å². The normalized spacial score (nSPS) is 15.8. The minimum atomic E-state index is -4.60. The lowest BCUT2D eigenvalue weighted by Crippen LogP contribution is -2.30. The summed E-state index contributed by atoms with van der Waals surface area (Å²) in [7, 11) is 0. The highest BCUT2D eigenvalue weighted by Gasteiger charge is 2.51. The first-order chi connectivity index (χ1) is 11.2. The van der Waals surface area contributed by atoms with Gasteiger partial charge >= 0.3 is 6.18 Å². The Hall–Kier alpha value is -2.09.